The molecule has 2 aliphatic heterocycles. The van der Waals surface area contributed by atoms with Crippen molar-refractivity contribution in [3.8, 4) is 0 Å². The number of rotatable bonds is 4. The third-order valence-corrected chi connectivity index (χ3v) is 7.89. The van der Waals surface area contributed by atoms with E-state index in [4.69, 9.17) is 16.3 Å². The fourth-order valence-corrected chi connectivity index (χ4v) is 5.74. The minimum Gasteiger partial charge on any atom is -0.385 e. The fourth-order valence-electron chi connectivity index (χ4n) is 4.50. The summed E-state index contributed by atoms with van der Waals surface area (Å²) in [5.74, 6) is 0.743. The molecule has 2 aliphatic rings. The van der Waals surface area contributed by atoms with Crippen LogP contribution in [0.5, 0.6) is 0 Å². The third-order valence-electron chi connectivity index (χ3n) is 6.45. The van der Waals surface area contributed by atoms with E-state index in [-0.39, 0.29) is 11.9 Å². The van der Waals surface area contributed by atoms with Gasteiger partial charge in [-0.05, 0) is 49.4 Å². The van der Waals surface area contributed by atoms with Gasteiger partial charge in [-0.15, -0.1) is 11.3 Å². The quantitative estimate of drug-likeness (QED) is 0.597. The van der Waals surface area contributed by atoms with Crippen molar-refractivity contribution in [2.24, 2.45) is 0 Å². The van der Waals surface area contributed by atoms with Gasteiger partial charge < -0.3 is 20.1 Å². The molecule has 2 saturated heterocycles. The summed E-state index contributed by atoms with van der Waals surface area (Å²) >= 11 is 7.39. The molecule has 1 amide bonds. The van der Waals surface area contributed by atoms with Gasteiger partial charge in [0.05, 0.1) is 28.5 Å². The second kappa shape index (κ2) is 8.59. The van der Waals surface area contributed by atoms with E-state index in [1.165, 1.54) is 17.7 Å². The Hall–Kier alpha value is -2.26. The molecule has 4 heterocycles. The number of carbonyl (C=O) groups is 1. The molecule has 168 valence electrons. The Kier molecular flexibility index (Phi) is 5.79. The minimum atomic E-state index is -0.942. The first kappa shape index (κ1) is 21.6. The lowest BCUT2D eigenvalue weighted by Gasteiger charge is -2.38. The van der Waals surface area contributed by atoms with Crippen molar-refractivity contribution in [2.75, 3.05) is 31.6 Å². The van der Waals surface area contributed by atoms with E-state index in [9.17, 15) is 9.90 Å². The van der Waals surface area contributed by atoms with Gasteiger partial charge in [0.15, 0.2) is 0 Å². The summed E-state index contributed by atoms with van der Waals surface area (Å²) in [6.45, 7) is 4.34. The normalized spacial score (nSPS) is 20.6. The number of thiophene rings is 1. The van der Waals surface area contributed by atoms with E-state index in [0.717, 1.165) is 40.2 Å². The number of benzene rings is 1. The Labute approximate surface area is 195 Å². The number of aromatic nitrogens is 2. The number of carbonyl (C=O) groups excluding carboxylic acids is 1. The first-order chi connectivity index (χ1) is 15.4. The lowest BCUT2D eigenvalue weighted by molar-refractivity contribution is -0.0210. The van der Waals surface area contributed by atoms with Crippen LogP contribution in [0.15, 0.2) is 30.6 Å². The smallest absolute Gasteiger partial charge is 0.264 e. The summed E-state index contributed by atoms with van der Waals surface area (Å²) in [7, 11) is 0. The van der Waals surface area contributed by atoms with Gasteiger partial charge in [-0.25, -0.2) is 9.97 Å². The summed E-state index contributed by atoms with van der Waals surface area (Å²) in [4.78, 5) is 25.5. The molecule has 1 aromatic carbocycles. The van der Waals surface area contributed by atoms with Crippen molar-refractivity contribution in [1.82, 2.24) is 14.9 Å². The van der Waals surface area contributed by atoms with Crippen molar-refractivity contribution < 1.29 is 14.6 Å². The molecule has 0 saturated carbocycles. The Morgan fingerprint density at radius 2 is 2.03 bits per heavy atom. The predicted molar refractivity (Wildman–Crippen MR) is 125 cm³/mol. The number of fused-ring (bicyclic) bond motifs is 1. The van der Waals surface area contributed by atoms with Gasteiger partial charge in [0.2, 0.25) is 0 Å². The largest absolute Gasteiger partial charge is 0.385 e. The number of hydrogen-bond donors (Lipinski definition) is 2. The zero-order valence-corrected chi connectivity index (χ0v) is 19.4. The second-order valence-electron chi connectivity index (χ2n) is 8.49. The Morgan fingerprint density at radius 1 is 1.28 bits per heavy atom. The Bertz CT molecular complexity index is 1140. The maximum atomic E-state index is 13.4. The van der Waals surface area contributed by atoms with Crippen LogP contribution in [0.1, 0.15) is 40.1 Å². The molecule has 3 aromatic rings. The topological polar surface area (TPSA) is 87.6 Å². The summed E-state index contributed by atoms with van der Waals surface area (Å²) in [5, 5.41) is 16.1. The molecule has 7 nitrogen and oxygen atoms in total. The SMILES string of the molecule is Cc1c(C(=O)N2CCC(O)(c3ccc(Cl)cc3)CC2)sc2ncnc(N[C@@H]3CCOC3)c12. The molecule has 2 N–H and O–H groups in total. The maximum Gasteiger partial charge on any atom is 0.264 e. The standard InChI is InChI=1S/C23H25ClN4O3S/c1-14-18-20(27-17-6-11-31-12-17)25-13-26-21(18)32-19(14)22(29)28-9-7-23(30,8-10-28)15-2-4-16(24)5-3-15/h2-5,13,17,30H,6-12H2,1H3,(H,25,26,27)/t17-/m1/s1. The molecular weight excluding hydrogens is 448 g/mol. The number of nitrogens with one attached hydrogen (secondary N) is 1. The molecule has 1 atom stereocenters. The number of nitrogens with zero attached hydrogens (tertiary/aromatic N) is 3. The van der Waals surface area contributed by atoms with Crippen molar-refractivity contribution >= 4 is 44.9 Å². The number of aryl methyl sites for hydroxylation is 1. The molecule has 0 unspecified atom stereocenters. The molecule has 9 heteroatoms. The number of anilines is 1. The van der Waals surface area contributed by atoms with Crippen LogP contribution in [0.4, 0.5) is 5.82 Å². The monoisotopic (exact) mass is 472 g/mol. The van der Waals surface area contributed by atoms with E-state index in [1.807, 2.05) is 24.0 Å². The zero-order chi connectivity index (χ0) is 22.3. The molecule has 32 heavy (non-hydrogen) atoms. The van der Waals surface area contributed by atoms with E-state index >= 15 is 0 Å². The average molecular weight is 473 g/mol. The van der Waals surface area contributed by atoms with Crippen LogP contribution < -0.4 is 5.32 Å². The predicted octanol–water partition coefficient (Wildman–Crippen LogP) is 3.98. The molecule has 0 radical (unpaired) electrons. The van der Waals surface area contributed by atoms with Crippen molar-refractivity contribution in [1.29, 1.82) is 0 Å². The number of hydrogen-bond acceptors (Lipinski definition) is 7. The highest BCUT2D eigenvalue weighted by molar-refractivity contribution is 7.20. The van der Waals surface area contributed by atoms with Crippen LogP contribution in [0.3, 0.4) is 0 Å². The van der Waals surface area contributed by atoms with E-state index in [2.05, 4.69) is 15.3 Å². The number of ether oxygens (including phenoxy) is 1. The van der Waals surface area contributed by atoms with Gasteiger partial charge >= 0.3 is 0 Å². The lowest BCUT2D eigenvalue weighted by atomic mass is 9.84. The van der Waals surface area contributed by atoms with E-state index in [0.29, 0.717) is 42.4 Å². The van der Waals surface area contributed by atoms with Gasteiger partial charge in [-0.1, -0.05) is 23.7 Å². The molecule has 2 aromatic heterocycles. The number of piperidine rings is 1. The summed E-state index contributed by atoms with van der Waals surface area (Å²) in [5.41, 5.74) is 0.798. The molecular formula is C23H25ClN4O3S. The van der Waals surface area contributed by atoms with Gasteiger partial charge in [0.1, 0.15) is 17.0 Å². The van der Waals surface area contributed by atoms with Crippen molar-refractivity contribution in [3.63, 3.8) is 0 Å². The van der Waals surface area contributed by atoms with Crippen molar-refractivity contribution in [2.45, 2.75) is 37.8 Å². The van der Waals surface area contributed by atoms with Crippen LogP contribution >= 0.6 is 22.9 Å². The van der Waals surface area contributed by atoms with Crippen LogP contribution in [-0.4, -0.2) is 58.2 Å². The molecule has 0 bridgehead atoms. The first-order valence-electron chi connectivity index (χ1n) is 10.8. The summed E-state index contributed by atoms with van der Waals surface area (Å²) in [6.07, 6.45) is 3.44. The lowest BCUT2D eigenvalue weighted by Crippen LogP contribution is -2.45. The highest BCUT2D eigenvalue weighted by Crippen LogP contribution is 2.37. The van der Waals surface area contributed by atoms with Gasteiger partial charge in [-0.3, -0.25) is 4.79 Å². The zero-order valence-electron chi connectivity index (χ0n) is 17.8. The first-order valence-corrected chi connectivity index (χ1v) is 12.0. The van der Waals surface area contributed by atoms with Crippen LogP contribution in [-0.2, 0) is 10.3 Å². The fraction of sp³-hybridized carbons (Fsp3) is 0.435. The second-order valence-corrected chi connectivity index (χ2v) is 9.93. The summed E-state index contributed by atoms with van der Waals surface area (Å²) in [6, 6.07) is 7.52. The summed E-state index contributed by atoms with van der Waals surface area (Å²) < 4.78 is 5.46. The van der Waals surface area contributed by atoms with E-state index in [1.54, 1.807) is 12.1 Å². The number of amides is 1. The average Bonchev–Trinajstić information content (AvgIpc) is 3.42. The van der Waals surface area contributed by atoms with Gasteiger partial charge in [0, 0.05) is 24.7 Å². The third kappa shape index (κ3) is 3.96. The molecule has 0 spiro atoms. The van der Waals surface area contributed by atoms with Crippen LogP contribution in [0.25, 0.3) is 10.2 Å². The van der Waals surface area contributed by atoms with Gasteiger partial charge in [-0.2, -0.15) is 0 Å². The number of aliphatic hydroxyl groups is 1. The Morgan fingerprint density at radius 3 is 2.72 bits per heavy atom. The highest BCUT2D eigenvalue weighted by Gasteiger charge is 2.36. The molecule has 5 rings (SSSR count). The van der Waals surface area contributed by atoms with Crippen LogP contribution in [0, 0.1) is 6.92 Å². The van der Waals surface area contributed by atoms with Gasteiger partial charge in [0.25, 0.3) is 5.91 Å². The van der Waals surface area contributed by atoms with Crippen LogP contribution in [0.2, 0.25) is 5.02 Å². The molecule has 2 fully saturated rings. The number of likely N-dealkylation sites (tertiary alicyclic amines) is 1. The highest BCUT2D eigenvalue weighted by atomic mass is 35.5. The van der Waals surface area contributed by atoms with Crippen molar-refractivity contribution in [3.05, 3.63) is 51.6 Å². The minimum absolute atomic E-state index is 0.0150. The molecule has 0 aliphatic carbocycles. The maximum absolute atomic E-state index is 13.4. The number of halogens is 1. The van der Waals surface area contributed by atoms with E-state index < -0.39 is 5.60 Å². The Balaban J connectivity index is 1.35.